The molecule has 0 aliphatic heterocycles. The lowest BCUT2D eigenvalue weighted by Gasteiger charge is -2.12. The second-order valence-corrected chi connectivity index (χ2v) is 9.39. The Hall–Kier alpha value is -2.25. The first-order chi connectivity index (χ1) is 14.6. The fourth-order valence-electron chi connectivity index (χ4n) is 3.97. The monoisotopic (exact) mass is 442 g/mol. The molecule has 1 aliphatic carbocycles. The van der Waals surface area contributed by atoms with Crippen molar-refractivity contribution in [2.75, 3.05) is 17.7 Å². The average molecular weight is 443 g/mol. The maximum absolute atomic E-state index is 12.8. The van der Waals surface area contributed by atoms with E-state index in [0.29, 0.717) is 22.9 Å². The van der Waals surface area contributed by atoms with Crippen molar-refractivity contribution in [3.05, 3.63) is 46.5 Å². The predicted molar refractivity (Wildman–Crippen MR) is 124 cm³/mol. The largest absolute Gasteiger partial charge is 0.462 e. The van der Waals surface area contributed by atoms with Crippen LogP contribution in [0.15, 0.2) is 35.4 Å². The van der Waals surface area contributed by atoms with Crippen LogP contribution in [0, 0.1) is 0 Å². The molecule has 5 nitrogen and oxygen atoms in total. The molecular weight excluding hydrogens is 416 g/mol. The van der Waals surface area contributed by atoms with Crippen molar-refractivity contribution in [2.24, 2.45) is 0 Å². The molecule has 2 aromatic heterocycles. The van der Waals surface area contributed by atoms with Gasteiger partial charge in [-0.05, 0) is 51.2 Å². The molecule has 0 atom stereocenters. The molecule has 30 heavy (non-hydrogen) atoms. The number of hydrogen-bond donors (Lipinski definition) is 1. The number of fused-ring (bicyclic) bond motifs is 2. The lowest BCUT2D eigenvalue weighted by atomic mass is 9.95. The highest BCUT2D eigenvalue weighted by Crippen LogP contribution is 2.39. The smallest absolute Gasteiger partial charge is 0.341 e. The minimum Gasteiger partial charge on any atom is -0.462 e. The van der Waals surface area contributed by atoms with Crippen molar-refractivity contribution in [1.82, 2.24) is 4.57 Å². The van der Waals surface area contributed by atoms with Gasteiger partial charge in [-0.2, -0.15) is 0 Å². The van der Waals surface area contributed by atoms with Crippen LogP contribution in [0.2, 0.25) is 0 Å². The number of para-hydroxylation sites is 1. The summed E-state index contributed by atoms with van der Waals surface area (Å²) in [5.41, 5.74) is 2.81. The number of thiophene rings is 1. The van der Waals surface area contributed by atoms with Crippen molar-refractivity contribution in [3.8, 4) is 0 Å². The van der Waals surface area contributed by atoms with Crippen molar-refractivity contribution in [1.29, 1.82) is 0 Å². The van der Waals surface area contributed by atoms with E-state index in [9.17, 15) is 9.59 Å². The third-order valence-electron chi connectivity index (χ3n) is 5.36. The Kier molecular flexibility index (Phi) is 6.49. The molecule has 0 radical (unpaired) electrons. The van der Waals surface area contributed by atoms with E-state index in [4.69, 9.17) is 4.74 Å². The standard InChI is InChI=1S/C23H26N2O3S2/c1-3-25-13-19(15-9-5-7-11-17(15)25)29-14-20(26)24-22-21(23(27)28-4-2)16-10-6-8-12-18(16)30-22/h5,7,9,11,13H,3-4,6,8,10,12,14H2,1-2H3,(H,24,26). The number of carbonyl (C=O) groups is 2. The van der Waals surface area contributed by atoms with E-state index >= 15 is 0 Å². The van der Waals surface area contributed by atoms with Crippen molar-refractivity contribution < 1.29 is 14.3 Å². The maximum atomic E-state index is 12.8. The van der Waals surface area contributed by atoms with Crippen LogP contribution < -0.4 is 5.32 Å². The van der Waals surface area contributed by atoms with E-state index in [-0.39, 0.29) is 11.9 Å². The van der Waals surface area contributed by atoms with E-state index in [2.05, 4.69) is 35.1 Å². The van der Waals surface area contributed by atoms with E-state index in [1.54, 1.807) is 6.92 Å². The van der Waals surface area contributed by atoms with Gasteiger partial charge < -0.3 is 14.6 Å². The van der Waals surface area contributed by atoms with Gasteiger partial charge in [0, 0.05) is 33.4 Å². The molecule has 1 amide bonds. The summed E-state index contributed by atoms with van der Waals surface area (Å²) in [7, 11) is 0. The number of thioether (sulfide) groups is 1. The molecule has 2 heterocycles. The number of anilines is 1. The predicted octanol–water partition coefficient (Wildman–Crippen LogP) is 5.51. The Bertz CT molecular complexity index is 1080. The number of aromatic nitrogens is 1. The number of esters is 1. The molecule has 1 N–H and O–H groups in total. The van der Waals surface area contributed by atoms with Gasteiger partial charge in [0.2, 0.25) is 5.91 Å². The van der Waals surface area contributed by atoms with Gasteiger partial charge >= 0.3 is 5.97 Å². The lowest BCUT2D eigenvalue weighted by Crippen LogP contribution is -2.17. The van der Waals surface area contributed by atoms with Crippen molar-refractivity contribution in [2.45, 2.75) is 51.0 Å². The van der Waals surface area contributed by atoms with Gasteiger partial charge in [0.25, 0.3) is 0 Å². The number of hydrogen-bond acceptors (Lipinski definition) is 5. The molecule has 0 bridgehead atoms. The zero-order valence-corrected chi connectivity index (χ0v) is 19.0. The molecule has 7 heteroatoms. The van der Waals surface area contributed by atoms with Gasteiger partial charge in [-0.1, -0.05) is 18.2 Å². The highest BCUT2D eigenvalue weighted by molar-refractivity contribution is 8.00. The first-order valence-electron chi connectivity index (χ1n) is 10.4. The fraction of sp³-hybridized carbons (Fsp3) is 0.391. The SMILES string of the molecule is CCOC(=O)c1c(NC(=O)CSc2cn(CC)c3ccccc23)sc2c1CCCC2. The quantitative estimate of drug-likeness (QED) is 0.387. The number of carbonyl (C=O) groups excluding carboxylic acids is 2. The van der Waals surface area contributed by atoms with Crippen LogP contribution in [-0.2, 0) is 28.9 Å². The van der Waals surface area contributed by atoms with Gasteiger partial charge in [0.05, 0.1) is 17.9 Å². The lowest BCUT2D eigenvalue weighted by molar-refractivity contribution is -0.113. The van der Waals surface area contributed by atoms with Crippen LogP contribution in [-0.4, -0.2) is 28.8 Å². The Balaban J connectivity index is 1.51. The number of amides is 1. The minimum absolute atomic E-state index is 0.0996. The Morgan fingerprint density at radius 2 is 2.00 bits per heavy atom. The third kappa shape index (κ3) is 4.14. The molecule has 0 saturated carbocycles. The van der Waals surface area contributed by atoms with E-state index in [1.807, 2.05) is 12.1 Å². The number of nitrogens with one attached hydrogen (secondary N) is 1. The third-order valence-corrected chi connectivity index (χ3v) is 7.61. The average Bonchev–Trinajstić information content (AvgIpc) is 3.30. The van der Waals surface area contributed by atoms with Gasteiger partial charge in [0.15, 0.2) is 0 Å². The molecule has 0 saturated heterocycles. The Morgan fingerprint density at radius 1 is 1.20 bits per heavy atom. The summed E-state index contributed by atoms with van der Waals surface area (Å²) >= 11 is 3.06. The van der Waals surface area contributed by atoms with Crippen LogP contribution in [0.25, 0.3) is 10.9 Å². The normalized spacial score (nSPS) is 13.3. The number of rotatable bonds is 7. The maximum Gasteiger partial charge on any atom is 0.341 e. The number of aryl methyl sites for hydroxylation is 2. The number of nitrogens with zero attached hydrogens (tertiary/aromatic N) is 1. The molecule has 0 unspecified atom stereocenters. The van der Waals surface area contributed by atoms with Crippen LogP contribution in [0.4, 0.5) is 5.00 Å². The first kappa shape index (κ1) is 21.0. The second-order valence-electron chi connectivity index (χ2n) is 7.27. The van der Waals surface area contributed by atoms with Crippen molar-refractivity contribution in [3.63, 3.8) is 0 Å². The Morgan fingerprint density at radius 3 is 2.80 bits per heavy atom. The topological polar surface area (TPSA) is 60.3 Å². The summed E-state index contributed by atoms with van der Waals surface area (Å²) in [5, 5.41) is 4.80. The van der Waals surface area contributed by atoms with E-state index < -0.39 is 0 Å². The van der Waals surface area contributed by atoms with Crippen LogP contribution >= 0.6 is 23.1 Å². The molecule has 1 aliphatic rings. The molecule has 0 spiro atoms. The summed E-state index contributed by atoms with van der Waals surface area (Å²) in [6.45, 7) is 5.13. The summed E-state index contributed by atoms with van der Waals surface area (Å²) in [5.74, 6) is -0.133. The molecule has 0 fully saturated rings. The first-order valence-corrected chi connectivity index (χ1v) is 12.2. The molecule has 1 aromatic carbocycles. The molecule has 158 valence electrons. The summed E-state index contributed by atoms with van der Waals surface area (Å²) in [6, 6.07) is 8.25. The highest BCUT2D eigenvalue weighted by Gasteiger charge is 2.27. The minimum atomic E-state index is -0.328. The highest BCUT2D eigenvalue weighted by atomic mass is 32.2. The number of benzene rings is 1. The van der Waals surface area contributed by atoms with Gasteiger partial charge in [0.1, 0.15) is 5.00 Å². The number of ether oxygens (including phenoxy) is 1. The van der Waals surface area contributed by atoms with Gasteiger partial charge in [-0.25, -0.2) is 4.79 Å². The van der Waals surface area contributed by atoms with Crippen LogP contribution in [0.5, 0.6) is 0 Å². The summed E-state index contributed by atoms with van der Waals surface area (Å²) in [6.07, 6.45) is 6.15. The zero-order valence-electron chi connectivity index (χ0n) is 17.3. The van der Waals surface area contributed by atoms with Crippen LogP contribution in [0.3, 0.4) is 0 Å². The Labute approximate surface area is 184 Å². The fourth-order valence-corrected chi connectivity index (χ4v) is 6.15. The summed E-state index contributed by atoms with van der Waals surface area (Å²) < 4.78 is 7.47. The van der Waals surface area contributed by atoms with Gasteiger partial charge in [-0.15, -0.1) is 23.1 Å². The second kappa shape index (κ2) is 9.27. The van der Waals surface area contributed by atoms with E-state index in [0.717, 1.165) is 48.1 Å². The summed E-state index contributed by atoms with van der Waals surface area (Å²) in [4.78, 5) is 27.6. The molecular formula is C23H26N2O3S2. The van der Waals surface area contributed by atoms with Gasteiger partial charge in [-0.3, -0.25) is 4.79 Å². The van der Waals surface area contributed by atoms with E-state index in [1.165, 1.54) is 33.5 Å². The van der Waals surface area contributed by atoms with Crippen LogP contribution in [0.1, 0.15) is 47.5 Å². The van der Waals surface area contributed by atoms with Crippen molar-refractivity contribution >= 4 is 50.9 Å². The molecule has 4 rings (SSSR count). The molecule has 3 aromatic rings. The zero-order chi connectivity index (χ0) is 21.1.